The van der Waals surface area contributed by atoms with Gasteiger partial charge in [0.15, 0.2) is 9.84 Å². The fourth-order valence-corrected chi connectivity index (χ4v) is 3.36. The van der Waals surface area contributed by atoms with Gasteiger partial charge in [0.1, 0.15) is 0 Å². The Bertz CT molecular complexity index is 778. The van der Waals surface area contributed by atoms with Crippen molar-refractivity contribution in [3.8, 4) is 0 Å². The molecular weight excluding hydrogens is 322 g/mol. The zero-order chi connectivity index (χ0) is 17.9. The monoisotopic (exact) mass is 347 g/mol. The van der Waals surface area contributed by atoms with Crippen LogP contribution in [-0.2, 0) is 9.84 Å². The Balaban J connectivity index is 2.00. The quantitative estimate of drug-likeness (QED) is 0.843. The van der Waals surface area contributed by atoms with Crippen molar-refractivity contribution >= 4 is 9.84 Å². The van der Waals surface area contributed by atoms with Crippen molar-refractivity contribution in [2.45, 2.75) is 37.8 Å². The maximum Gasteiger partial charge on any atom is 0.175 e. The van der Waals surface area contributed by atoms with E-state index in [1.54, 1.807) is 24.3 Å². The molecule has 0 amide bonds. The SMILES string of the molecule is Cc1cc(C)cc(C(O)CNC(C)c2ccc(S(C)(=O)=O)cc2)c1. The summed E-state index contributed by atoms with van der Waals surface area (Å²) in [6.07, 6.45) is 0.616. The van der Waals surface area contributed by atoms with E-state index in [-0.39, 0.29) is 6.04 Å². The van der Waals surface area contributed by atoms with E-state index in [0.717, 1.165) is 22.3 Å². The van der Waals surface area contributed by atoms with Gasteiger partial charge in [0.25, 0.3) is 0 Å². The summed E-state index contributed by atoms with van der Waals surface area (Å²) in [4.78, 5) is 0.314. The van der Waals surface area contributed by atoms with E-state index in [1.165, 1.54) is 6.26 Å². The second-order valence-corrected chi connectivity index (χ2v) is 8.42. The van der Waals surface area contributed by atoms with Crippen LogP contribution in [0.15, 0.2) is 47.4 Å². The molecule has 130 valence electrons. The first kappa shape index (κ1) is 18.6. The summed E-state index contributed by atoms with van der Waals surface area (Å²) in [7, 11) is -3.18. The van der Waals surface area contributed by atoms with Crippen molar-refractivity contribution in [2.75, 3.05) is 12.8 Å². The third-order valence-electron chi connectivity index (χ3n) is 4.05. The van der Waals surface area contributed by atoms with Gasteiger partial charge in [-0.2, -0.15) is 0 Å². The summed E-state index contributed by atoms with van der Waals surface area (Å²) in [6.45, 7) is 6.45. The van der Waals surface area contributed by atoms with E-state index in [1.807, 2.05) is 32.9 Å². The Hall–Kier alpha value is -1.69. The number of aliphatic hydroxyl groups is 1. The Kier molecular flexibility index (Phi) is 5.80. The fraction of sp³-hybridized carbons (Fsp3) is 0.368. The second-order valence-electron chi connectivity index (χ2n) is 6.41. The molecule has 2 aromatic rings. The molecule has 0 aliphatic rings. The molecule has 24 heavy (non-hydrogen) atoms. The normalized spacial score (nSPS) is 14.4. The van der Waals surface area contributed by atoms with Crippen LogP contribution in [0.25, 0.3) is 0 Å². The zero-order valence-electron chi connectivity index (χ0n) is 14.6. The molecule has 0 heterocycles. The molecule has 0 bridgehead atoms. The molecule has 2 unspecified atom stereocenters. The number of sulfone groups is 1. The van der Waals surface area contributed by atoms with E-state index in [4.69, 9.17) is 0 Å². The van der Waals surface area contributed by atoms with Crippen molar-refractivity contribution in [2.24, 2.45) is 0 Å². The molecule has 2 aromatic carbocycles. The lowest BCUT2D eigenvalue weighted by Crippen LogP contribution is -2.24. The van der Waals surface area contributed by atoms with Crippen molar-refractivity contribution in [1.82, 2.24) is 5.32 Å². The predicted octanol–water partition coefficient (Wildman–Crippen LogP) is 3.09. The molecule has 0 fully saturated rings. The molecule has 0 saturated carbocycles. The highest BCUT2D eigenvalue weighted by molar-refractivity contribution is 7.90. The van der Waals surface area contributed by atoms with Crippen LogP contribution in [0.5, 0.6) is 0 Å². The van der Waals surface area contributed by atoms with Crippen LogP contribution in [0.2, 0.25) is 0 Å². The highest BCUT2D eigenvalue weighted by Gasteiger charge is 2.13. The predicted molar refractivity (Wildman–Crippen MR) is 96.8 cm³/mol. The summed E-state index contributed by atoms with van der Waals surface area (Å²) in [5.41, 5.74) is 4.15. The topological polar surface area (TPSA) is 66.4 Å². The standard InChI is InChI=1S/C19H25NO3S/c1-13-9-14(2)11-17(10-13)19(21)12-20-15(3)16-5-7-18(8-6-16)24(4,22)23/h5-11,15,19-21H,12H2,1-4H3. The van der Waals surface area contributed by atoms with Gasteiger partial charge < -0.3 is 10.4 Å². The summed E-state index contributed by atoms with van der Waals surface area (Å²) in [5, 5.41) is 13.7. The van der Waals surface area contributed by atoms with Gasteiger partial charge in [-0.3, -0.25) is 0 Å². The Morgan fingerprint density at radius 2 is 1.54 bits per heavy atom. The van der Waals surface area contributed by atoms with Gasteiger partial charge in [-0.05, 0) is 44.0 Å². The van der Waals surface area contributed by atoms with Gasteiger partial charge in [0.05, 0.1) is 11.0 Å². The maximum atomic E-state index is 11.5. The number of hydrogen-bond donors (Lipinski definition) is 2. The van der Waals surface area contributed by atoms with Crippen LogP contribution in [0.4, 0.5) is 0 Å². The van der Waals surface area contributed by atoms with Crippen LogP contribution >= 0.6 is 0 Å². The van der Waals surface area contributed by atoms with Crippen molar-refractivity contribution in [1.29, 1.82) is 0 Å². The van der Waals surface area contributed by atoms with Crippen LogP contribution in [0.3, 0.4) is 0 Å². The molecule has 2 N–H and O–H groups in total. The number of benzene rings is 2. The summed E-state index contributed by atoms with van der Waals surface area (Å²) in [6, 6.07) is 12.9. The van der Waals surface area contributed by atoms with Gasteiger partial charge in [-0.1, -0.05) is 41.5 Å². The van der Waals surface area contributed by atoms with Crippen LogP contribution < -0.4 is 5.32 Å². The third-order valence-corrected chi connectivity index (χ3v) is 5.18. The molecular formula is C19H25NO3S. The Labute approximate surface area is 144 Å². The average Bonchev–Trinajstić information content (AvgIpc) is 2.50. The lowest BCUT2D eigenvalue weighted by molar-refractivity contribution is 0.170. The van der Waals surface area contributed by atoms with E-state index in [0.29, 0.717) is 11.4 Å². The Morgan fingerprint density at radius 1 is 1.00 bits per heavy atom. The minimum atomic E-state index is -3.18. The van der Waals surface area contributed by atoms with Gasteiger partial charge in [-0.25, -0.2) is 8.42 Å². The zero-order valence-corrected chi connectivity index (χ0v) is 15.4. The molecule has 0 aliphatic heterocycles. The van der Waals surface area contributed by atoms with Crippen molar-refractivity contribution < 1.29 is 13.5 Å². The first-order valence-electron chi connectivity index (χ1n) is 7.96. The fourth-order valence-electron chi connectivity index (χ4n) is 2.73. The number of rotatable bonds is 6. The second kappa shape index (κ2) is 7.47. The average molecular weight is 347 g/mol. The third kappa shape index (κ3) is 4.90. The van der Waals surface area contributed by atoms with Gasteiger partial charge >= 0.3 is 0 Å². The minimum absolute atomic E-state index is 0.0131. The molecule has 0 radical (unpaired) electrons. The van der Waals surface area contributed by atoms with Gasteiger partial charge in [0.2, 0.25) is 0 Å². The maximum absolute atomic E-state index is 11.5. The highest BCUT2D eigenvalue weighted by atomic mass is 32.2. The molecule has 0 aromatic heterocycles. The highest BCUT2D eigenvalue weighted by Crippen LogP contribution is 2.19. The Morgan fingerprint density at radius 3 is 2.04 bits per heavy atom. The number of nitrogens with one attached hydrogen (secondary N) is 1. The molecule has 0 aliphatic carbocycles. The lowest BCUT2D eigenvalue weighted by atomic mass is 10.0. The molecule has 2 atom stereocenters. The molecule has 2 rings (SSSR count). The van der Waals surface area contributed by atoms with E-state index in [2.05, 4.69) is 11.4 Å². The largest absolute Gasteiger partial charge is 0.387 e. The summed E-state index contributed by atoms with van der Waals surface area (Å²) >= 11 is 0. The van der Waals surface area contributed by atoms with E-state index >= 15 is 0 Å². The van der Waals surface area contributed by atoms with Crippen LogP contribution in [0, 0.1) is 13.8 Å². The van der Waals surface area contributed by atoms with Crippen molar-refractivity contribution in [3.05, 3.63) is 64.7 Å². The smallest absolute Gasteiger partial charge is 0.175 e. The first-order valence-corrected chi connectivity index (χ1v) is 9.85. The molecule has 4 nitrogen and oxygen atoms in total. The van der Waals surface area contributed by atoms with Gasteiger partial charge in [0, 0.05) is 18.8 Å². The van der Waals surface area contributed by atoms with E-state index in [9.17, 15) is 13.5 Å². The summed E-state index contributed by atoms with van der Waals surface area (Å²) < 4.78 is 23.0. The molecule has 5 heteroatoms. The van der Waals surface area contributed by atoms with E-state index < -0.39 is 15.9 Å². The number of aryl methyl sites for hydroxylation is 2. The minimum Gasteiger partial charge on any atom is -0.387 e. The number of hydrogen-bond acceptors (Lipinski definition) is 4. The molecule has 0 saturated heterocycles. The van der Waals surface area contributed by atoms with Crippen molar-refractivity contribution in [3.63, 3.8) is 0 Å². The van der Waals surface area contributed by atoms with Gasteiger partial charge in [-0.15, -0.1) is 0 Å². The summed E-state index contributed by atoms with van der Waals surface area (Å²) in [5.74, 6) is 0. The number of aliphatic hydroxyl groups excluding tert-OH is 1. The van der Waals surface area contributed by atoms with Crippen LogP contribution in [0.1, 0.15) is 41.3 Å². The lowest BCUT2D eigenvalue weighted by Gasteiger charge is -2.18. The van der Waals surface area contributed by atoms with Crippen LogP contribution in [-0.4, -0.2) is 26.3 Å². The molecule has 0 spiro atoms. The first-order chi connectivity index (χ1) is 11.2.